The number of hydrogen-bond donors (Lipinski definition) is 1. The van der Waals surface area contributed by atoms with E-state index in [1.165, 1.54) is 49.1 Å². The summed E-state index contributed by atoms with van der Waals surface area (Å²) in [6, 6.07) is 10.0. The Kier molecular flexibility index (Phi) is 8.34. The molecular formula is C25H29FN6O2. The fraction of sp³-hybridized carbons (Fsp3) is 0.360. The van der Waals surface area contributed by atoms with Crippen LogP contribution in [0.2, 0.25) is 0 Å². The van der Waals surface area contributed by atoms with Crippen molar-refractivity contribution in [3.05, 3.63) is 78.4 Å². The van der Waals surface area contributed by atoms with Crippen molar-refractivity contribution in [3.63, 3.8) is 0 Å². The molecule has 1 N–H and O–H groups in total. The normalized spacial score (nSPS) is 13.9. The number of benzene rings is 1. The number of rotatable bonds is 10. The van der Waals surface area contributed by atoms with E-state index in [1.807, 2.05) is 12.1 Å². The molecule has 3 aromatic rings. The van der Waals surface area contributed by atoms with Crippen LogP contribution in [0.3, 0.4) is 0 Å². The average molecular weight is 465 g/mol. The van der Waals surface area contributed by atoms with Crippen LogP contribution in [-0.4, -0.2) is 57.0 Å². The van der Waals surface area contributed by atoms with Crippen molar-refractivity contribution in [2.75, 3.05) is 31.7 Å². The number of nitrogens with zero attached hydrogens (tertiary/aromatic N) is 5. The lowest BCUT2D eigenvalue weighted by Crippen LogP contribution is -2.36. The van der Waals surface area contributed by atoms with Gasteiger partial charge in [-0.25, -0.2) is 19.4 Å². The highest BCUT2D eigenvalue weighted by Gasteiger charge is 2.18. The van der Waals surface area contributed by atoms with Gasteiger partial charge in [0.25, 0.3) is 5.91 Å². The van der Waals surface area contributed by atoms with Gasteiger partial charge in [-0.2, -0.15) is 0 Å². The topological polar surface area (TPSA) is 83.5 Å². The van der Waals surface area contributed by atoms with Gasteiger partial charge in [0.2, 0.25) is 0 Å². The molecule has 0 saturated carbocycles. The maximum absolute atomic E-state index is 14.7. The van der Waals surface area contributed by atoms with Crippen molar-refractivity contribution in [3.8, 4) is 5.75 Å². The maximum Gasteiger partial charge on any atom is 0.275 e. The van der Waals surface area contributed by atoms with Gasteiger partial charge in [-0.15, -0.1) is 0 Å². The van der Waals surface area contributed by atoms with E-state index in [0.717, 1.165) is 26.1 Å². The zero-order chi connectivity index (χ0) is 23.6. The van der Waals surface area contributed by atoms with Crippen LogP contribution >= 0.6 is 0 Å². The van der Waals surface area contributed by atoms with Crippen LogP contribution in [0.1, 0.15) is 41.7 Å². The van der Waals surface area contributed by atoms with Crippen LogP contribution < -0.4 is 10.2 Å². The van der Waals surface area contributed by atoms with Crippen molar-refractivity contribution in [1.82, 2.24) is 24.9 Å². The molecule has 2 aromatic heterocycles. The number of piperidine rings is 1. The molecule has 1 saturated heterocycles. The smallest absolute Gasteiger partial charge is 0.275 e. The fourth-order valence-electron chi connectivity index (χ4n) is 3.88. The van der Waals surface area contributed by atoms with Gasteiger partial charge in [0.1, 0.15) is 6.33 Å². The van der Waals surface area contributed by atoms with E-state index >= 15 is 0 Å². The molecule has 0 aliphatic carbocycles. The molecule has 9 heteroatoms. The molecule has 0 bridgehead atoms. The second-order valence-corrected chi connectivity index (χ2v) is 8.20. The summed E-state index contributed by atoms with van der Waals surface area (Å²) in [6.07, 6.45) is 10.5. The first-order chi connectivity index (χ1) is 16.7. The number of aromatic nitrogens is 3. The zero-order valence-electron chi connectivity index (χ0n) is 19.1. The molecule has 1 fully saturated rings. The minimum absolute atomic E-state index is 0.172. The number of amides is 1. The molecule has 34 heavy (non-hydrogen) atoms. The van der Waals surface area contributed by atoms with Gasteiger partial charge < -0.3 is 9.64 Å². The molecule has 178 valence electrons. The summed E-state index contributed by atoms with van der Waals surface area (Å²) < 4.78 is 20.4. The van der Waals surface area contributed by atoms with E-state index in [1.54, 1.807) is 24.4 Å². The van der Waals surface area contributed by atoms with Crippen molar-refractivity contribution < 1.29 is 13.9 Å². The minimum Gasteiger partial charge on any atom is -0.490 e. The summed E-state index contributed by atoms with van der Waals surface area (Å²) in [6.45, 7) is 3.87. The van der Waals surface area contributed by atoms with Crippen LogP contribution in [-0.2, 0) is 6.54 Å². The summed E-state index contributed by atoms with van der Waals surface area (Å²) in [5.41, 5.74) is 4.39. The molecular weight excluding hydrogens is 435 g/mol. The Hall–Kier alpha value is -3.59. The molecule has 1 amide bonds. The minimum atomic E-state index is -0.490. The summed E-state index contributed by atoms with van der Waals surface area (Å²) >= 11 is 0. The van der Waals surface area contributed by atoms with Crippen molar-refractivity contribution >= 4 is 11.6 Å². The third kappa shape index (κ3) is 6.71. The molecule has 1 aliphatic heterocycles. The van der Waals surface area contributed by atoms with Crippen molar-refractivity contribution in [1.29, 1.82) is 0 Å². The highest BCUT2D eigenvalue weighted by Crippen LogP contribution is 2.23. The lowest BCUT2D eigenvalue weighted by Gasteiger charge is -2.26. The Balaban J connectivity index is 1.38. The van der Waals surface area contributed by atoms with Gasteiger partial charge in [0.05, 0.1) is 30.1 Å². The molecule has 3 heterocycles. The zero-order valence-corrected chi connectivity index (χ0v) is 19.1. The number of hydrogen-bond acceptors (Lipinski definition) is 7. The molecule has 1 aliphatic rings. The molecule has 0 atom stereocenters. The lowest BCUT2D eigenvalue weighted by molar-refractivity contribution is 0.0780. The number of likely N-dealkylation sites (tertiary alicyclic amines) is 1. The van der Waals surface area contributed by atoms with Crippen LogP contribution in [0.4, 0.5) is 10.1 Å². The van der Waals surface area contributed by atoms with Gasteiger partial charge in [-0.3, -0.25) is 15.2 Å². The van der Waals surface area contributed by atoms with Crippen molar-refractivity contribution in [2.45, 2.75) is 32.2 Å². The monoisotopic (exact) mass is 464 g/mol. The SMILES string of the molecule is O=C(c1cncnc1)N(Cc1ccccn1)Nc1ccc(OCCCN2CCCCC2)c(F)c1. The second kappa shape index (κ2) is 12.0. The Labute approximate surface area is 198 Å². The summed E-state index contributed by atoms with van der Waals surface area (Å²) in [5.74, 6) is -0.649. The van der Waals surface area contributed by atoms with Gasteiger partial charge in [0.15, 0.2) is 11.6 Å². The van der Waals surface area contributed by atoms with E-state index in [-0.39, 0.29) is 18.2 Å². The number of carbonyl (C=O) groups excluding carboxylic acids is 1. The van der Waals surface area contributed by atoms with E-state index in [9.17, 15) is 9.18 Å². The predicted molar refractivity (Wildman–Crippen MR) is 127 cm³/mol. The molecule has 0 radical (unpaired) electrons. The number of ether oxygens (including phenoxy) is 1. The first-order valence-electron chi connectivity index (χ1n) is 11.6. The van der Waals surface area contributed by atoms with Crippen LogP contribution in [0.25, 0.3) is 0 Å². The number of carbonyl (C=O) groups is 1. The van der Waals surface area contributed by atoms with E-state index in [4.69, 9.17) is 4.74 Å². The Bertz CT molecular complexity index is 1050. The third-order valence-electron chi connectivity index (χ3n) is 5.62. The Morgan fingerprint density at radius 1 is 1.12 bits per heavy atom. The Morgan fingerprint density at radius 3 is 2.68 bits per heavy atom. The van der Waals surface area contributed by atoms with Crippen molar-refractivity contribution in [2.24, 2.45) is 0 Å². The molecule has 8 nitrogen and oxygen atoms in total. The van der Waals surface area contributed by atoms with Crippen LogP contribution in [0, 0.1) is 5.82 Å². The van der Waals surface area contributed by atoms with Crippen LogP contribution in [0.15, 0.2) is 61.3 Å². The van der Waals surface area contributed by atoms with E-state index < -0.39 is 5.82 Å². The summed E-state index contributed by atoms with van der Waals surface area (Å²) in [5, 5.41) is 1.36. The first-order valence-corrected chi connectivity index (χ1v) is 11.6. The van der Waals surface area contributed by atoms with Gasteiger partial charge >= 0.3 is 0 Å². The molecule has 4 rings (SSSR count). The largest absolute Gasteiger partial charge is 0.490 e. The highest BCUT2D eigenvalue weighted by molar-refractivity contribution is 5.94. The number of anilines is 1. The quantitative estimate of drug-likeness (QED) is 0.359. The number of pyridine rings is 1. The highest BCUT2D eigenvalue weighted by atomic mass is 19.1. The standard InChI is InChI=1S/C25H29FN6O2/c26-23-15-21(8-9-24(23)34-14-6-13-31-11-4-1-5-12-31)30-32(18-22-7-2-3-10-29-22)25(33)20-16-27-19-28-17-20/h2-3,7-10,15-17,19,30H,1,4-6,11-14,18H2. The molecule has 0 unspecified atom stereocenters. The predicted octanol–water partition coefficient (Wildman–Crippen LogP) is 3.94. The Morgan fingerprint density at radius 2 is 1.94 bits per heavy atom. The van der Waals surface area contributed by atoms with Crippen LogP contribution in [0.5, 0.6) is 5.75 Å². The van der Waals surface area contributed by atoms with Gasteiger partial charge in [-0.1, -0.05) is 12.5 Å². The van der Waals surface area contributed by atoms with Gasteiger partial charge in [-0.05, 0) is 56.6 Å². The third-order valence-corrected chi connectivity index (χ3v) is 5.62. The summed E-state index contributed by atoms with van der Waals surface area (Å²) in [7, 11) is 0. The maximum atomic E-state index is 14.7. The average Bonchev–Trinajstić information content (AvgIpc) is 2.88. The molecule has 1 aromatic carbocycles. The van der Waals surface area contributed by atoms with E-state index in [2.05, 4.69) is 25.3 Å². The lowest BCUT2D eigenvalue weighted by atomic mass is 10.1. The molecule has 0 spiro atoms. The summed E-state index contributed by atoms with van der Waals surface area (Å²) in [4.78, 5) is 27.6. The van der Waals surface area contributed by atoms with E-state index in [0.29, 0.717) is 23.6 Å². The fourth-order valence-corrected chi connectivity index (χ4v) is 3.88. The van der Waals surface area contributed by atoms with Gasteiger partial charge in [0, 0.05) is 31.2 Å². The number of hydrazine groups is 1. The number of nitrogens with one attached hydrogen (secondary N) is 1. The number of halogens is 1. The first kappa shape index (κ1) is 23.6. The second-order valence-electron chi connectivity index (χ2n) is 8.20.